The Kier molecular flexibility index (Phi) is 5.27. The van der Waals surface area contributed by atoms with Crippen molar-refractivity contribution in [2.24, 2.45) is 0 Å². The molecule has 4 nitrogen and oxygen atoms in total. The van der Waals surface area contributed by atoms with E-state index in [0.717, 1.165) is 0 Å². The van der Waals surface area contributed by atoms with Crippen LogP contribution in [-0.2, 0) is 4.79 Å². The summed E-state index contributed by atoms with van der Waals surface area (Å²) in [6.45, 7) is 0.391. The number of carbonyl (C=O) groups excluding carboxylic acids is 1. The van der Waals surface area contributed by atoms with E-state index in [-0.39, 0.29) is 11.7 Å². The van der Waals surface area contributed by atoms with Crippen LogP contribution in [0.15, 0.2) is 42.5 Å². The molecular formula is C17H14ClFN2O2S. The van der Waals surface area contributed by atoms with Gasteiger partial charge in [-0.05, 0) is 36.8 Å². The lowest BCUT2D eigenvalue weighted by molar-refractivity contribution is -0.116. The summed E-state index contributed by atoms with van der Waals surface area (Å²) < 4.78 is 19.4. The highest BCUT2D eigenvalue weighted by Gasteiger charge is 2.09. The SMILES string of the molecule is O=C(CCCOc1ccccc1Cl)Nc1nc2ccc(F)cc2s1. The summed E-state index contributed by atoms with van der Waals surface area (Å²) in [4.78, 5) is 16.2. The minimum atomic E-state index is -0.319. The quantitative estimate of drug-likeness (QED) is 0.634. The van der Waals surface area contributed by atoms with E-state index in [0.29, 0.717) is 45.6 Å². The second kappa shape index (κ2) is 7.59. The van der Waals surface area contributed by atoms with Crippen molar-refractivity contribution in [1.29, 1.82) is 0 Å². The molecule has 0 aliphatic heterocycles. The molecule has 124 valence electrons. The summed E-state index contributed by atoms with van der Waals surface area (Å²) in [5, 5.41) is 3.74. The molecule has 1 amide bonds. The van der Waals surface area contributed by atoms with Crippen LogP contribution < -0.4 is 10.1 Å². The summed E-state index contributed by atoms with van der Waals surface area (Å²) in [5.41, 5.74) is 0.666. The monoisotopic (exact) mass is 364 g/mol. The Morgan fingerprint density at radius 3 is 2.96 bits per heavy atom. The third-order valence-electron chi connectivity index (χ3n) is 3.24. The standard InChI is InChI=1S/C17H14ClFN2O2S/c18-12-4-1-2-5-14(12)23-9-3-6-16(22)21-17-20-13-8-7-11(19)10-15(13)24-17/h1-2,4-5,7-8,10H,3,6,9H2,(H,20,21,22). The van der Waals surface area contributed by atoms with Gasteiger partial charge in [-0.2, -0.15) is 0 Å². The van der Waals surface area contributed by atoms with Crippen LogP contribution in [0, 0.1) is 5.82 Å². The zero-order valence-electron chi connectivity index (χ0n) is 12.6. The number of nitrogens with one attached hydrogen (secondary N) is 1. The molecule has 3 aromatic rings. The summed E-state index contributed by atoms with van der Waals surface area (Å²) >= 11 is 7.23. The van der Waals surface area contributed by atoms with Gasteiger partial charge in [-0.25, -0.2) is 9.37 Å². The van der Waals surface area contributed by atoms with E-state index < -0.39 is 0 Å². The molecule has 1 N–H and O–H groups in total. The predicted octanol–water partition coefficient (Wildman–Crippen LogP) is 4.89. The molecule has 0 atom stereocenters. The molecule has 0 bridgehead atoms. The van der Waals surface area contributed by atoms with Gasteiger partial charge < -0.3 is 10.1 Å². The van der Waals surface area contributed by atoms with Crippen molar-refractivity contribution in [2.75, 3.05) is 11.9 Å². The fourth-order valence-electron chi connectivity index (χ4n) is 2.11. The maximum Gasteiger partial charge on any atom is 0.226 e. The Bertz CT molecular complexity index is 869. The number of benzene rings is 2. The van der Waals surface area contributed by atoms with Crippen molar-refractivity contribution < 1.29 is 13.9 Å². The highest BCUT2D eigenvalue weighted by Crippen LogP contribution is 2.26. The van der Waals surface area contributed by atoms with E-state index in [1.165, 1.54) is 23.5 Å². The number of aromatic nitrogens is 1. The fraction of sp³-hybridized carbons (Fsp3) is 0.176. The van der Waals surface area contributed by atoms with Gasteiger partial charge in [0.2, 0.25) is 5.91 Å². The number of fused-ring (bicyclic) bond motifs is 1. The zero-order valence-corrected chi connectivity index (χ0v) is 14.2. The van der Waals surface area contributed by atoms with Crippen LogP contribution in [0.3, 0.4) is 0 Å². The average molecular weight is 365 g/mol. The molecule has 24 heavy (non-hydrogen) atoms. The van der Waals surface area contributed by atoms with Crippen LogP contribution >= 0.6 is 22.9 Å². The Morgan fingerprint density at radius 2 is 2.12 bits per heavy atom. The maximum atomic E-state index is 13.2. The van der Waals surface area contributed by atoms with Gasteiger partial charge in [-0.1, -0.05) is 35.1 Å². The molecule has 1 heterocycles. The first kappa shape index (κ1) is 16.7. The number of carbonyl (C=O) groups is 1. The van der Waals surface area contributed by atoms with Crippen LogP contribution in [0.2, 0.25) is 5.02 Å². The molecule has 0 radical (unpaired) electrons. The summed E-state index contributed by atoms with van der Waals surface area (Å²) in [7, 11) is 0. The van der Waals surface area contributed by atoms with Crippen molar-refractivity contribution in [3.63, 3.8) is 0 Å². The first-order chi connectivity index (χ1) is 11.6. The Hall–Kier alpha value is -2.18. The molecule has 0 aliphatic rings. The second-order valence-electron chi connectivity index (χ2n) is 5.06. The van der Waals surface area contributed by atoms with Gasteiger partial charge in [0.25, 0.3) is 0 Å². The number of hydrogen-bond donors (Lipinski definition) is 1. The van der Waals surface area contributed by atoms with Crippen molar-refractivity contribution in [3.05, 3.63) is 53.3 Å². The maximum absolute atomic E-state index is 13.2. The first-order valence-electron chi connectivity index (χ1n) is 7.35. The molecule has 2 aromatic carbocycles. The molecule has 0 unspecified atom stereocenters. The number of hydrogen-bond acceptors (Lipinski definition) is 4. The molecule has 3 rings (SSSR count). The smallest absolute Gasteiger partial charge is 0.226 e. The average Bonchev–Trinajstić information content (AvgIpc) is 2.94. The molecule has 7 heteroatoms. The number of rotatable bonds is 6. The molecule has 0 saturated heterocycles. The minimum Gasteiger partial charge on any atom is -0.492 e. The van der Waals surface area contributed by atoms with Gasteiger partial charge in [-0.3, -0.25) is 4.79 Å². The zero-order chi connectivity index (χ0) is 16.9. The van der Waals surface area contributed by atoms with E-state index in [1.54, 1.807) is 18.2 Å². The first-order valence-corrected chi connectivity index (χ1v) is 8.54. The number of para-hydroxylation sites is 1. The number of halogens is 2. The van der Waals surface area contributed by atoms with Crippen molar-refractivity contribution >= 4 is 44.2 Å². The summed E-state index contributed by atoms with van der Waals surface area (Å²) in [5.74, 6) is 0.130. The fourth-order valence-corrected chi connectivity index (χ4v) is 3.21. The van der Waals surface area contributed by atoms with Crippen molar-refractivity contribution in [2.45, 2.75) is 12.8 Å². The highest BCUT2D eigenvalue weighted by molar-refractivity contribution is 7.22. The van der Waals surface area contributed by atoms with E-state index in [2.05, 4.69) is 10.3 Å². The molecule has 0 fully saturated rings. The van der Waals surface area contributed by atoms with Gasteiger partial charge >= 0.3 is 0 Å². The van der Waals surface area contributed by atoms with Crippen LogP contribution in [0.4, 0.5) is 9.52 Å². The Balaban J connectivity index is 1.47. The summed E-state index contributed by atoms with van der Waals surface area (Å²) in [6.07, 6.45) is 0.852. The highest BCUT2D eigenvalue weighted by atomic mass is 35.5. The lowest BCUT2D eigenvalue weighted by Gasteiger charge is -2.07. The number of anilines is 1. The van der Waals surface area contributed by atoms with Gasteiger partial charge in [-0.15, -0.1) is 0 Å². The Labute approximate surface area is 147 Å². The lowest BCUT2D eigenvalue weighted by Crippen LogP contribution is -2.12. The third kappa shape index (κ3) is 4.21. The van der Waals surface area contributed by atoms with Crippen LogP contribution in [0.25, 0.3) is 10.2 Å². The molecule has 0 aliphatic carbocycles. The summed E-state index contributed by atoms with van der Waals surface area (Å²) in [6, 6.07) is 11.5. The number of nitrogens with zero attached hydrogens (tertiary/aromatic N) is 1. The second-order valence-corrected chi connectivity index (χ2v) is 6.50. The molecule has 0 saturated carbocycles. The number of amides is 1. The van der Waals surface area contributed by atoms with Gasteiger partial charge in [0.15, 0.2) is 5.13 Å². The molecule has 1 aromatic heterocycles. The van der Waals surface area contributed by atoms with Gasteiger partial charge in [0, 0.05) is 6.42 Å². The minimum absolute atomic E-state index is 0.155. The van der Waals surface area contributed by atoms with Crippen LogP contribution in [0.1, 0.15) is 12.8 Å². The van der Waals surface area contributed by atoms with Crippen molar-refractivity contribution in [3.8, 4) is 5.75 Å². The number of thiazole rings is 1. The molecule has 0 spiro atoms. The van der Waals surface area contributed by atoms with Gasteiger partial charge in [0.1, 0.15) is 11.6 Å². The van der Waals surface area contributed by atoms with Crippen LogP contribution in [-0.4, -0.2) is 17.5 Å². The predicted molar refractivity (Wildman–Crippen MR) is 94.4 cm³/mol. The normalized spacial score (nSPS) is 10.8. The van der Waals surface area contributed by atoms with E-state index >= 15 is 0 Å². The lowest BCUT2D eigenvalue weighted by atomic mass is 10.3. The molecular weight excluding hydrogens is 351 g/mol. The van der Waals surface area contributed by atoms with Crippen molar-refractivity contribution in [1.82, 2.24) is 4.98 Å². The van der Waals surface area contributed by atoms with E-state index in [4.69, 9.17) is 16.3 Å². The van der Waals surface area contributed by atoms with Crippen LogP contribution in [0.5, 0.6) is 5.75 Å². The van der Waals surface area contributed by atoms with E-state index in [9.17, 15) is 9.18 Å². The van der Waals surface area contributed by atoms with Gasteiger partial charge in [0.05, 0.1) is 21.8 Å². The van der Waals surface area contributed by atoms with E-state index in [1.807, 2.05) is 12.1 Å². The third-order valence-corrected chi connectivity index (χ3v) is 4.49. The number of ether oxygens (including phenoxy) is 1. The Morgan fingerprint density at radius 1 is 1.29 bits per heavy atom. The topological polar surface area (TPSA) is 51.2 Å². The largest absolute Gasteiger partial charge is 0.492 e.